The molecular weight excluding hydrogens is 242 g/mol. The Balaban J connectivity index is 1.94. The van der Waals surface area contributed by atoms with E-state index in [4.69, 9.17) is 5.41 Å². The molecular formula is C13H13N5O. The van der Waals surface area contributed by atoms with Crippen molar-refractivity contribution in [1.29, 1.82) is 5.41 Å². The SMILES string of the molecule is Cc1ccc(C2N=CNC3=C(N2)C(=O)NC3=N)cc1. The molecule has 2 aliphatic rings. The van der Waals surface area contributed by atoms with Gasteiger partial charge in [0.05, 0.1) is 6.34 Å². The Kier molecular flexibility index (Phi) is 2.56. The van der Waals surface area contributed by atoms with Crippen molar-refractivity contribution in [3.05, 3.63) is 46.8 Å². The second-order valence-corrected chi connectivity index (χ2v) is 4.46. The van der Waals surface area contributed by atoms with E-state index < -0.39 is 0 Å². The molecule has 0 aromatic heterocycles. The van der Waals surface area contributed by atoms with Gasteiger partial charge in [0.15, 0.2) is 5.84 Å². The summed E-state index contributed by atoms with van der Waals surface area (Å²) < 4.78 is 0. The third-order valence-electron chi connectivity index (χ3n) is 3.07. The molecule has 19 heavy (non-hydrogen) atoms. The summed E-state index contributed by atoms with van der Waals surface area (Å²) in [7, 11) is 0. The topological polar surface area (TPSA) is 89.4 Å². The summed E-state index contributed by atoms with van der Waals surface area (Å²) in [5, 5.41) is 16.0. The van der Waals surface area contributed by atoms with Gasteiger partial charge in [0.1, 0.15) is 17.6 Å². The van der Waals surface area contributed by atoms with Gasteiger partial charge in [-0.15, -0.1) is 0 Å². The van der Waals surface area contributed by atoms with Crippen molar-refractivity contribution in [2.45, 2.75) is 13.1 Å². The standard InChI is InChI=1S/C13H13N5O/c1-7-2-4-8(5-3-7)12-16-6-15-9-10(17-12)13(19)18-11(9)14/h2-6,12,17H,1H3,(H,15,16)(H2,14,18,19). The second kappa shape index (κ2) is 4.24. The second-order valence-electron chi connectivity index (χ2n) is 4.46. The van der Waals surface area contributed by atoms with Crippen LogP contribution in [-0.4, -0.2) is 18.1 Å². The van der Waals surface area contributed by atoms with E-state index in [1.165, 1.54) is 11.9 Å². The maximum absolute atomic E-state index is 11.7. The van der Waals surface area contributed by atoms with Gasteiger partial charge in [-0.1, -0.05) is 29.8 Å². The highest BCUT2D eigenvalue weighted by atomic mass is 16.2. The van der Waals surface area contributed by atoms with Crippen LogP contribution < -0.4 is 16.0 Å². The number of amidine groups is 1. The summed E-state index contributed by atoms with van der Waals surface area (Å²) in [6.45, 7) is 2.02. The monoisotopic (exact) mass is 255 g/mol. The van der Waals surface area contributed by atoms with Crippen molar-refractivity contribution < 1.29 is 4.79 Å². The third kappa shape index (κ3) is 1.97. The molecule has 0 radical (unpaired) electrons. The van der Waals surface area contributed by atoms with E-state index in [1.807, 2.05) is 31.2 Å². The van der Waals surface area contributed by atoms with E-state index >= 15 is 0 Å². The maximum atomic E-state index is 11.7. The Morgan fingerprint density at radius 1 is 1.21 bits per heavy atom. The van der Waals surface area contributed by atoms with Crippen molar-refractivity contribution in [2.24, 2.45) is 4.99 Å². The molecule has 0 saturated carbocycles. The molecule has 0 aliphatic carbocycles. The molecule has 6 heteroatoms. The zero-order chi connectivity index (χ0) is 13.4. The van der Waals surface area contributed by atoms with Crippen LogP contribution in [-0.2, 0) is 4.79 Å². The first-order chi connectivity index (χ1) is 9.15. The number of carbonyl (C=O) groups is 1. The number of aryl methyl sites for hydroxylation is 1. The van der Waals surface area contributed by atoms with Crippen LogP contribution in [0.1, 0.15) is 17.3 Å². The van der Waals surface area contributed by atoms with Gasteiger partial charge in [-0.25, -0.2) is 4.99 Å². The molecule has 96 valence electrons. The largest absolute Gasteiger partial charge is 0.354 e. The highest BCUT2D eigenvalue weighted by Gasteiger charge is 2.30. The van der Waals surface area contributed by atoms with Gasteiger partial charge >= 0.3 is 0 Å². The lowest BCUT2D eigenvalue weighted by molar-refractivity contribution is -0.116. The number of nitrogens with one attached hydrogen (secondary N) is 4. The molecule has 1 atom stereocenters. The number of amides is 1. The predicted octanol–water partition coefficient (Wildman–Crippen LogP) is 0.533. The number of hydrogen-bond acceptors (Lipinski definition) is 5. The number of aliphatic imine (C=N–C) groups is 1. The van der Waals surface area contributed by atoms with E-state index in [0.717, 1.165) is 5.56 Å². The first-order valence-electron chi connectivity index (χ1n) is 5.91. The van der Waals surface area contributed by atoms with Crippen LogP contribution in [0.4, 0.5) is 0 Å². The van der Waals surface area contributed by atoms with Crippen molar-refractivity contribution in [3.8, 4) is 0 Å². The van der Waals surface area contributed by atoms with Gasteiger partial charge < -0.3 is 16.0 Å². The quantitative estimate of drug-likeness (QED) is 0.590. The van der Waals surface area contributed by atoms with Crippen molar-refractivity contribution >= 4 is 18.1 Å². The summed E-state index contributed by atoms with van der Waals surface area (Å²) in [5.41, 5.74) is 2.92. The molecule has 3 rings (SSSR count). The lowest BCUT2D eigenvalue weighted by Crippen LogP contribution is -2.29. The number of hydrogen-bond donors (Lipinski definition) is 4. The van der Waals surface area contributed by atoms with E-state index in [2.05, 4.69) is 20.9 Å². The third-order valence-corrected chi connectivity index (χ3v) is 3.07. The van der Waals surface area contributed by atoms with Gasteiger partial charge in [0.25, 0.3) is 5.91 Å². The van der Waals surface area contributed by atoms with Gasteiger partial charge in [-0.3, -0.25) is 10.2 Å². The van der Waals surface area contributed by atoms with Crippen LogP contribution in [0.3, 0.4) is 0 Å². The minimum absolute atomic E-state index is 0.0588. The Morgan fingerprint density at radius 3 is 2.68 bits per heavy atom. The van der Waals surface area contributed by atoms with Crippen LogP contribution in [0, 0.1) is 12.3 Å². The zero-order valence-corrected chi connectivity index (χ0v) is 10.3. The fourth-order valence-electron chi connectivity index (χ4n) is 2.03. The average molecular weight is 255 g/mol. The van der Waals surface area contributed by atoms with E-state index in [-0.39, 0.29) is 17.9 Å². The first-order valence-corrected chi connectivity index (χ1v) is 5.91. The number of carbonyl (C=O) groups excluding carboxylic acids is 1. The van der Waals surface area contributed by atoms with Crippen LogP contribution in [0.25, 0.3) is 0 Å². The molecule has 1 aromatic carbocycles. The molecule has 6 nitrogen and oxygen atoms in total. The molecule has 2 heterocycles. The number of rotatable bonds is 1. The van der Waals surface area contributed by atoms with Gasteiger partial charge in [0.2, 0.25) is 0 Å². The van der Waals surface area contributed by atoms with Crippen LogP contribution in [0.2, 0.25) is 0 Å². The summed E-state index contributed by atoms with van der Waals surface area (Å²) in [6, 6.07) is 7.93. The Bertz CT molecular complexity index is 614. The van der Waals surface area contributed by atoms with Gasteiger partial charge in [-0.05, 0) is 12.5 Å². The van der Waals surface area contributed by atoms with Gasteiger partial charge in [0, 0.05) is 0 Å². The average Bonchev–Trinajstić information content (AvgIpc) is 2.58. The smallest absolute Gasteiger partial charge is 0.275 e. The highest BCUT2D eigenvalue weighted by molar-refractivity contribution is 6.20. The Morgan fingerprint density at radius 2 is 1.95 bits per heavy atom. The molecule has 0 saturated heterocycles. The zero-order valence-electron chi connectivity index (χ0n) is 10.3. The molecule has 0 spiro atoms. The fraction of sp³-hybridized carbons (Fsp3) is 0.154. The fourth-order valence-corrected chi connectivity index (χ4v) is 2.03. The molecule has 0 bridgehead atoms. The highest BCUT2D eigenvalue weighted by Crippen LogP contribution is 2.20. The van der Waals surface area contributed by atoms with Crippen LogP contribution >= 0.6 is 0 Å². The molecule has 1 unspecified atom stereocenters. The maximum Gasteiger partial charge on any atom is 0.275 e. The lowest BCUT2D eigenvalue weighted by Gasteiger charge is -2.14. The van der Waals surface area contributed by atoms with E-state index in [1.54, 1.807) is 0 Å². The lowest BCUT2D eigenvalue weighted by atomic mass is 10.1. The summed E-state index contributed by atoms with van der Waals surface area (Å²) in [6.07, 6.45) is 1.17. The Labute approximate surface area is 110 Å². The van der Waals surface area contributed by atoms with Crippen molar-refractivity contribution in [2.75, 3.05) is 0 Å². The number of benzene rings is 1. The predicted molar refractivity (Wildman–Crippen MR) is 71.6 cm³/mol. The van der Waals surface area contributed by atoms with E-state index in [9.17, 15) is 4.79 Å². The van der Waals surface area contributed by atoms with E-state index in [0.29, 0.717) is 11.4 Å². The van der Waals surface area contributed by atoms with Gasteiger partial charge in [-0.2, -0.15) is 0 Å². The summed E-state index contributed by atoms with van der Waals surface area (Å²) in [5.74, 6) is -0.251. The van der Waals surface area contributed by atoms with Crippen LogP contribution in [0.15, 0.2) is 40.7 Å². The molecule has 2 aliphatic heterocycles. The Hall–Kier alpha value is -2.63. The molecule has 4 N–H and O–H groups in total. The van der Waals surface area contributed by atoms with Crippen LogP contribution in [0.5, 0.6) is 0 Å². The molecule has 0 fully saturated rings. The minimum atomic E-state index is -0.336. The first kappa shape index (κ1) is 11.5. The summed E-state index contributed by atoms with van der Waals surface area (Å²) in [4.78, 5) is 16.0. The van der Waals surface area contributed by atoms with Crippen molar-refractivity contribution in [1.82, 2.24) is 16.0 Å². The van der Waals surface area contributed by atoms with Crippen molar-refractivity contribution in [3.63, 3.8) is 0 Å². The molecule has 1 aromatic rings. The normalized spacial score (nSPS) is 21.4. The molecule has 1 amide bonds. The number of nitrogens with zero attached hydrogens (tertiary/aromatic N) is 1. The minimum Gasteiger partial charge on any atom is -0.354 e. The summed E-state index contributed by atoms with van der Waals surface area (Å²) >= 11 is 0.